The third kappa shape index (κ3) is 3.31. The Hall–Kier alpha value is -2.00. The van der Waals surface area contributed by atoms with Crippen LogP contribution in [0.2, 0.25) is 0 Å². The maximum Gasteiger partial charge on any atom is 0.123 e. The van der Waals surface area contributed by atoms with Crippen LogP contribution in [0.15, 0.2) is 42.5 Å². The van der Waals surface area contributed by atoms with E-state index in [1.807, 2.05) is 13.1 Å². The molecule has 2 rings (SSSR count). The van der Waals surface area contributed by atoms with Crippen LogP contribution in [0.5, 0.6) is 5.75 Å². The maximum atomic E-state index is 9.93. The molecule has 0 bridgehead atoms. The number of aliphatic hydroxyl groups is 1. The summed E-state index contributed by atoms with van der Waals surface area (Å²) < 4.78 is 0. The molecule has 106 valence electrons. The van der Waals surface area contributed by atoms with E-state index in [-0.39, 0.29) is 5.75 Å². The second-order valence-electron chi connectivity index (χ2n) is 5.26. The summed E-state index contributed by atoms with van der Waals surface area (Å²) in [7, 11) is 1.98. The Kier molecular flexibility index (Phi) is 4.30. The lowest BCUT2D eigenvalue weighted by atomic mass is 10.1. The van der Waals surface area contributed by atoms with Gasteiger partial charge in [0.25, 0.3) is 0 Å². The summed E-state index contributed by atoms with van der Waals surface area (Å²) in [6.07, 6.45) is -0.661. The van der Waals surface area contributed by atoms with Crippen molar-refractivity contribution in [1.82, 2.24) is 0 Å². The standard InChI is InChI=1S/C17H21NO2/c1-12-4-6-14(7-5-12)11-18(3)15-8-9-16(13(2)19)17(20)10-15/h4-10,13,19-20H,11H2,1-3H3. The largest absolute Gasteiger partial charge is 0.507 e. The van der Waals surface area contributed by atoms with Crippen LogP contribution in [0.25, 0.3) is 0 Å². The number of hydrogen-bond donors (Lipinski definition) is 2. The molecule has 0 aliphatic rings. The summed E-state index contributed by atoms with van der Waals surface area (Å²) in [6, 6.07) is 13.8. The number of anilines is 1. The van der Waals surface area contributed by atoms with Gasteiger partial charge in [-0.1, -0.05) is 35.9 Å². The summed E-state index contributed by atoms with van der Waals surface area (Å²) in [5.74, 6) is 0.133. The molecule has 0 aliphatic heterocycles. The van der Waals surface area contributed by atoms with Crippen LogP contribution in [0, 0.1) is 6.92 Å². The summed E-state index contributed by atoms with van der Waals surface area (Å²) in [5, 5.41) is 19.4. The zero-order valence-electron chi connectivity index (χ0n) is 12.2. The molecule has 2 aromatic rings. The summed E-state index contributed by atoms with van der Waals surface area (Å²) in [6.45, 7) is 4.48. The van der Waals surface area contributed by atoms with Crippen molar-refractivity contribution in [2.45, 2.75) is 26.5 Å². The van der Waals surface area contributed by atoms with E-state index in [4.69, 9.17) is 0 Å². The Labute approximate surface area is 120 Å². The molecule has 0 spiro atoms. The first-order valence-electron chi connectivity index (χ1n) is 6.75. The highest BCUT2D eigenvalue weighted by Gasteiger charge is 2.10. The molecule has 1 atom stereocenters. The second-order valence-corrected chi connectivity index (χ2v) is 5.26. The molecule has 0 amide bonds. The second kappa shape index (κ2) is 5.97. The first kappa shape index (κ1) is 14.4. The third-order valence-corrected chi connectivity index (χ3v) is 3.45. The van der Waals surface area contributed by atoms with Gasteiger partial charge in [-0.05, 0) is 25.5 Å². The number of aromatic hydroxyl groups is 1. The number of phenolic OH excluding ortho intramolecular Hbond substituents is 1. The van der Waals surface area contributed by atoms with Gasteiger partial charge in [0.15, 0.2) is 0 Å². The zero-order valence-corrected chi connectivity index (χ0v) is 12.2. The van der Waals surface area contributed by atoms with E-state index in [0.29, 0.717) is 5.56 Å². The predicted octanol–water partition coefficient (Wildman–Crippen LogP) is 3.39. The van der Waals surface area contributed by atoms with Crippen molar-refractivity contribution >= 4 is 5.69 Å². The summed E-state index contributed by atoms with van der Waals surface area (Å²) in [5.41, 5.74) is 3.94. The number of hydrogen-bond acceptors (Lipinski definition) is 3. The van der Waals surface area contributed by atoms with Crippen LogP contribution in [0.3, 0.4) is 0 Å². The minimum Gasteiger partial charge on any atom is -0.507 e. The van der Waals surface area contributed by atoms with Crippen molar-refractivity contribution in [3.8, 4) is 5.75 Å². The molecular weight excluding hydrogens is 250 g/mol. The fourth-order valence-electron chi connectivity index (χ4n) is 2.18. The molecule has 2 N–H and O–H groups in total. The lowest BCUT2D eigenvalue weighted by Gasteiger charge is -2.21. The Morgan fingerprint density at radius 1 is 1.10 bits per heavy atom. The van der Waals surface area contributed by atoms with Gasteiger partial charge in [0, 0.05) is 30.9 Å². The Bertz CT molecular complexity index is 576. The monoisotopic (exact) mass is 271 g/mol. The number of rotatable bonds is 4. The zero-order chi connectivity index (χ0) is 14.7. The van der Waals surface area contributed by atoms with E-state index in [0.717, 1.165) is 12.2 Å². The molecule has 0 aromatic heterocycles. The predicted molar refractivity (Wildman–Crippen MR) is 82.0 cm³/mol. The molecule has 0 radical (unpaired) electrons. The highest BCUT2D eigenvalue weighted by Crippen LogP contribution is 2.29. The topological polar surface area (TPSA) is 43.7 Å². The van der Waals surface area contributed by atoms with Gasteiger partial charge in [-0.3, -0.25) is 0 Å². The van der Waals surface area contributed by atoms with E-state index >= 15 is 0 Å². The molecule has 0 heterocycles. The van der Waals surface area contributed by atoms with Crippen LogP contribution in [-0.4, -0.2) is 17.3 Å². The van der Waals surface area contributed by atoms with Gasteiger partial charge >= 0.3 is 0 Å². The normalized spacial score (nSPS) is 12.2. The average molecular weight is 271 g/mol. The molecular formula is C17H21NO2. The first-order valence-corrected chi connectivity index (χ1v) is 6.75. The van der Waals surface area contributed by atoms with Gasteiger partial charge in [-0.2, -0.15) is 0 Å². The van der Waals surface area contributed by atoms with Gasteiger partial charge in [-0.15, -0.1) is 0 Å². The molecule has 20 heavy (non-hydrogen) atoms. The molecule has 0 aliphatic carbocycles. The highest BCUT2D eigenvalue weighted by atomic mass is 16.3. The van der Waals surface area contributed by atoms with Crippen LogP contribution < -0.4 is 4.90 Å². The first-order chi connectivity index (χ1) is 9.47. The fourth-order valence-corrected chi connectivity index (χ4v) is 2.18. The molecule has 1 unspecified atom stereocenters. The smallest absolute Gasteiger partial charge is 0.123 e. The van der Waals surface area contributed by atoms with Gasteiger partial charge in [0.2, 0.25) is 0 Å². The van der Waals surface area contributed by atoms with Crippen LogP contribution in [0.1, 0.15) is 29.7 Å². The van der Waals surface area contributed by atoms with Gasteiger partial charge < -0.3 is 15.1 Å². The van der Waals surface area contributed by atoms with Crippen molar-refractivity contribution in [1.29, 1.82) is 0 Å². The number of nitrogens with zero attached hydrogens (tertiary/aromatic N) is 1. The third-order valence-electron chi connectivity index (χ3n) is 3.45. The summed E-state index contributed by atoms with van der Waals surface area (Å²) in [4.78, 5) is 2.07. The highest BCUT2D eigenvalue weighted by molar-refractivity contribution is 5.53. The van der Waals surface area contributed by atoms with E-state index in [1.54, 1.807) is 19.1 Å². The van der Waals surface area contributed by atoms with Gasteiger partial charge in [0.05, 0.1) is 6.10 Å². The lowest BCUT2D eigenvalue weighted by molar-refractivity contribution is 0.195. The molecule has 3 heteroatoms. The van der Waals surface area contributed by atoms with Crippen LogP contribution >= 0.6 is 0 Å². The van der Waals surface area contributed by atoms with Crippen molar-refractivity contribution in [2.75, 3.05) is 11.9 Å². The lowest BCUT2D eigenvalue weighted by Crippen LogP contribution is -2.16. The van der Waals surface area contributed by atoms with Crippen LogP contribution in [0.4, 0.5) is 5.69 Å². The van der Waals surface area contributed by atoms with Crippen LogP contribution in [-0.2, 0) is 6.54 Å². The maximum absolute atomic E-state index is 9.93. The van der Waals surface area contributed by atoms with Crippen molar-refractivity contribution in [3.05, 3.63) is 59.2 Å². The Morgan fingerprint density at radius 3 is 2.30 bits per heavy atom. The van der Waals surface area contributed by atoms with E-state index < -0.39 is 6.10 Å². The van der Waals surface area contributed by atoms with Crippen molar-refractivity contribution < 1.29 is 10.2 Å². The van der Waals surface area contributed by atoms with Gasteiger partial charge in [0.1, 0.15) is 5.75 Å². The van der Waals surface area contributed by atoms with E-state index in [1.165, 1.54) is 11.1 Å². The average Bonchev–Trinajstić information content (AvgIpc) is 2.40. The fraction of sp³-hybridized carbons (Fsp3) is 0.294. The summed E-state index contributed by atoms with van der Waals surface area (Å²) >= 11 is 0. The van der Waals surface area contributed by atoms with E-state index in [9.17, 15) is 10.2 Å². The number of aryl methyl sites for hydroxylation is 1. The Balaban J connectivity index is 2.15. The number of benzene rings is 2. The number of phenols is 1. The molecule has 0 fully saturated rings. The van der Waals surface area contributed by atoms with Crippen molar-refractivity contribution in [2.24, 2.45) is 0 Å². The molecule has 2 aromatic carbocycles. The minimum atomic E-state index is -0.661. The molecule has 0 saturated carbocycles. The molecule has 3 nitrogen and oxygen atoms in total. The number of aliphatic hydroxyl groups excluding tert-OH is 1. The Morgan fingerprint density at radius 2 is 1.75 bits per heavy atom. The van der Waals surface area contributed by atoms with E-state index in [2.05, 4.69) is 36.1 Å². The quantitative estimate of drug-likeness (QED) is 0.896. The SMILES string of the molecule is Cc1ccc(CN(C)c2ccc(C(C)O)c(O)c2)cc1. The molecule has 0 saturated heterocycles. The van der Waals surface area contributed by atoms with Gasteiger partial charge in [-0.25, -0.2) is 0 Å². The van der Waals surface area contributed by atoms with Crippen molar-refractivity contribution in [3.63, 3.8) is 0 Å². The minimum absolute atomic E-state index is 0.133.